The van der Waals surface area contributed by atoms with Gasteiger partial charge in [0.15, 0.2) is 5.82 Å². The van der Waals surface area contributed by atoms with Crippen LogP contribution in [0, 0.1) is 0 Å². The minimum Gasteiger partial charge on any atom is -0.344 e. The molecule has 0 bridgehead atoms. The molecule has 3 aliphatic rings. The van der Waals surface area contributed by atoms with E-state index in [0.29, 0.717) is 0 Å². The predicted molar refractivity (Wildman–Crippen MR) is 202 cm³/mol. The molecule has 11 rings (SSSR count). The van der Waals surface area contributed by atoms with Gasteiger partial charge in [-0.2, -0.15) is 0 Å². The van der Waals surface area contributed by atoms with Crippen molar-refractivity contribution in [3.63, 3.8) is 0 Å². The van der Waals surface area contributed by atoms with Gasteiger partial charge >= 0.3 is 7.12 Å². The topological polar surface area (TPSA) is 35.5 Å². The molecule has 8 aromatic rings. The Hall–Kier alpha value is -6.05. The molecule has 0 aliphatic carbocycles. The van der Waals surface area contributed by atoms with Crippen LogP contribution >= 0.6 is 10.0 Å². The van der Waals surface area contributed by atoms with Crippen LogP contribution in [0.5, 0.6) is 0 Å². The van der Waals surface area contributed by atoms with Gasteiger partial charge in [0.05, 0.1) is 0 Å². The average Bonchev–Trinajstić information content (AvgIpc) is 3.53. The first-order valence-electron chi connectivity index (χ1n) is 16.6. The highest BCUT2D eigenvalue weighted by Crippen LogP contribution is 2.76. The maximum absolute atomic E-state index is 5.41. The molecule has 5 nitrogen and oxygen atoms in total. The van der Waals surface area contributed by atoms with Crippen molar-refractivity contribution in [1.29, 1.82) is 0 Å². The van der Waals surface area contributed by atoms with Crippen LogP contribution in [0.2, 0.25) is 0 Å². The molecular weight excluding hydrogens is 617 g/mol. The second-order valence-electron chi connectivity index (χ2n) is 12.7. The van der Waals surface area contributed by atoms with Gasteiger partial charge in [0, 0.05) is 48.2 Å². The molecule has 0 unspecified atom stereocenters. The number of hydrogen-bond donors (Lipinski definition) is 0. The monoisotopic (exact) mass is 645 g/mol. The Balaban J connectivity index is 1.33. The van der Waals surface area contributed by atoms with Crippen molar-refractivity contribution in [3.05, 3.63) is 170 Å². The van der Waals surface area contributed by atoms with E-state index in [1.165, 1.54) is 53.3 Å². The van der Waals surface area contributed by atoms with Crippen molar-refractivity contribution >= 4 is 72.9 Å². The fraction of sp³-hybridized carbons (Fsp3) is 0. The van der Waals surface area contributed by atoms with E-state index in [1.54, 1.807) is 6.33 Å². The summed E-state index contributed by atoms with van der Waals surface area (Å²) >= 11 is 0. The van der Waals surface area contributed by atoms with Gasteiger partial charge in [0.25, 0.3) is 0 Å². The summed E-state index contributed by atoms with van der Waals surface area (Å²) < 4.78 is 0. The SMILES string of the molecule is c1ccc(S(c2ccccc2)(c2ccccc2)c2ncnc3c2N2B4N3c3cccc5cccc(c35)N4c3cccc4cccc2c34)cc1. The van der Waals surface area contributed by atoms with E-state index >= 15 is 0 Å². The molecule has 0 spiro atoms. The zero-order valence-electron chi connectivity index (χ0n) is 26.4. The lowest BCUT2D eigenvalue weighted by Crippen LogP contribution is -2.59. The first-order chi connectivity index (χ1) is 24.4. The molecule has 0 saturated carbocycles. The van der Waals surface area contributed by atoms with E-state index < -0.39 is 10.0 Å². The lowest BCUT2D eigenvalue weighted by Gasteiger charge is -2.47. The Morgan fingerprint density at radius 1 is 0.408 bits per heavy atom. The lowest BCUT2D eigenvalue weighted by molar-refractivity contribution is 1.02. The number of nitrogens with zero attached hydrogens (tertiary/aromatic N) is 5. The molecule has 0 radical (unpaired) electrons. The minimum atomic E-state index is -2.12. The smallest absolute Gasteiger partial charge is 0.344 e. The van der Waals surface area contributed by atoms with E-state index in [-0.39, 0.29) is 7.12 Å². The summed E-state index contributed by atoms with van der Waals surface area (Å²) in [5.74, 6) is 0.923. The Morgan fingerprint density at radius 2 is 0.837 bits per heavy atom. The fourth-order valence-electron chi connectivity index (χ4n) is 8.42. The number of hydrogen-bond acceptors (Lipinski definition) is 5. The number of benzene rings is 7. The summed E-state index contributed by atoms with van der Waals surface area (Å²) in [5, 5.41) is 5.93. The zero-order valence-corrected chi connectivity index (χ0v) is 27.2. The molecular formula is C42H28BN5S. The third-order valence-electron chi connectivity index (χ3n) is 10.3. The highest BCUT2D eigenvalue weighted by atomic mass is 32.3. The van der Waals surface area contributed by atoms with Gasteiger partial charge < -0.3 is 14.4 Å². The van der Waals surface area contributed by atoms with Crippen molar-refractivity contribution in [3.8, 4) is 0 Å². The zero-order chi connectivity index (χ0) is 32.1. The molecule has 1 aromatic heterocycles. The Bertz CT molecular complexity index is 2490. The first-order valence-corrected chi connectivity index (χ1v) is 18.2. The first kappa shape index (κ1) is 27.0. The van der Waals surface area contributed by atoms with Crippen LogP contribution < -0.4 is 14.4 Å². The summed E-state index contributed by atoms with van der Waals surface area (Å²) in [6.45, 7) is 0. The van der Waals surface area contributed by atoms with Crippen molar-refractivity contribution in [1.82, 2.24) is 9.97 Å². The van der Waals surface area contributed by atoms with Gasteiger partial charge in [-0.1, -0.05) is 103 Å². The summed E-state index contributed by atoms with van der Waals surface area (Å²) in [5.41, 5.74) is 5.79. The number of rotatable bonds is 4. The van der Waals surface area contributed by atoms with E-state index in [0.717, 1.165) is 22.2 Å². The van der Waals surface area contributed by atoms with Crippen LogP contribution in [-0.2, 0) is 0 Å². The average molecular weight is 646 g/mol. The van der Waals surface area contributed by atoms with E-state index in [2.05, 4.69) is 178 Å². The Labute approximate surface area is 286 Å². The minimum absolute atomic E-state index is 0.203. The standard InChI is InChI=1S/C42H28BN5S/c1-4-18-31(19-5-1)49(32-20-6-2-7-21-32,33-22-8-3-9-23-33)42-40-41(44-28-45-42)48-37-27-13-17-30-15-11-25-35(39(30)37)46-34-24-10-14-29-16-12-26-36(38(29)34)47(40)43(46)48/h1-28H. The maximum Gasteiger partial charge on any atom is 0.520 e. The predicted octanol–water partition coefficient (Wildman–Crippen LogP) is 10.9. The highest BCUT2D eigenvalue weighted by molar-refractivity contribution is 8.34. The number of anilines is 6. The van der Waals surface area contributed by atoms with Crippen LogP contribution in [0.15, 0.2) is 190 Å². The van der Waals surface area contributed by atoms with Crippen LogP contribution in [0.4, 0.5) is 34.3 Å². The third kappa shape index (κ3) is 3.42. The fourth-order valence-corrected chi connectivity index (χ4v) is 12.3. The summed E-state index contributed by atoms with van der Waals surface area (Å²) in [4.78, 5) is 21.8. The van der Waals surface area contributed by atoms with Gasteiger partial charge in [0.1, 0.15) is 17.0 Å². The van der Waals surface area contributed by atoms with Crippen molar-refractivity contribution in [2.24, 2.45) is 0 Å². The van der Waals surface area contributed by atoms with E-state index in [1.807, 2.05) is 0 Å². The largest absolute Gasteiger partial charge is 0.520 e. The van der Waals surface area contributed by atoms with E-state index in [4.69, 9.17) is 9.97 Å². The van der Waals surface area contributed by atoms with Crippen LogP contribution in [0.1, 0.15) is 0 Å². The third-order valence-corrected chi connectivity index (χ3v) is 14.1. The van der Waals surface area contributed by atoms with Crippen LogP contribution in [-0.4, -0.2) is 17.1 Å². The summed E-state index contributed by atoms with van der Waals surface area (Å²) in [6.07, 6.45) is 1.79. The van der Waals surface area contributed by atoms with Crippen molar-refractivity contribution in [2.75, 3.05) is 14.4 Å². The van der Waals surface area contributed by atoms with Gasteiger partial charge in [-0.3, -0.25) is 0 Å². The molecule has 3 aliphatic heterocycles. The molecule has 230 valence electrons. The van der Waals surface area contributed by atoms with Crippen LogP contribution in [0.25, 0.3) is 21.5 Å². The number of aromatic nitrogens is 2. The summed E-state index contributed by atoms with van der Waals surface area (Å²) in [6, 6.07) is 59.6. The number of fused-ring (bicyclic) bond motifs is 7. The molecule has 7 heteroatoms. The second kappa shape index (κ2) is 9.98. The van der Waals surface area contributed by atoms with Gasteiger partial charge in [-0.15, -0.1) is 10.0 Å². The van der Waals surface area contributed by atoms with Crippen LogP contribution in [0.3, 0.4) is 0 Å². The molecule has 0 atom stereocenters. The second-order valence-corrected chi connectivity index (χ2v) is 15.7. The molecule has 0 amide bonds. The van der Waals surface area contributed by atoms with Crippen molar-refractivity contribution in [2.45, 2.75) is 19.7 Å². The van der Waals surface area contributed by atoms with Crippen molar-refractivity contribution < 1.29 is 0 Å². The molecule has 4 heterocycles. The lowest BCUT2D eigenvalue weighted by atomic mass is 9.75. The van der Waals surface area contributed by atoms with Gasteiger partial charge in [-0.05, 0) is 71.4 Å². The summed E-state index contributed by atoms with van der Waals surface area (Å²) in [7, 11) is -2.32. The Morgan fingerprint density at radius 3 is 1.31 bits per heavy atom. The molecule has 7 aromatic carbocycles. The maximum atomic E-state index is 5.41. The molecule has 0 fully saturated rings. The normalized spacial score (nSPS) is 14.3. The van der Waals surface area contributed by atoms with Gasteiger partial charge in [-0.25, -0.2) is 9.97 Å². The van der Waals surface area contributed by atoms with E-state index in [9.17, 15) is 0 Å². The quantitative estimate of drug-likeness (QED) is 0.141. The molecule has 49 heavy (non-hydrogen) atoms. The Kier molecular flexibility index (Phi) is 5.49. The molecule has 0 N–H and O–H groups in total. The highest BCUT2D eigenvalue weighted by Gasteiger charge is 2.57. The van der Waals surface area contributed by atoms with Gasteiger partial charge in [0.2, 0.25) is 0 Å². The molecule has 0 saturated heterocycles.